The van der Waals surface area contributed by atoms with Crippen LogP contribution in [0.5, 0.6) is 0 Å². The number of rotatable bonds is 6. The molecule has 1 aromatic carbocycles. The fourth-order valence-electron chi connectivity index (χ4n) is 3.04. The number of hydrogen-bond acceptors (Lipinski definition) is 7. The third-order valence-corrected chi connectivity index (χ3v) is 5.78. The maximum atomic E-state index is 6.28. The quantitative estimate of drug-likeness (QED) is 0.567. The lowest BCUT2D eigenvalue weighted by Gasteiger charge is -2.32. The lowest BCUT2D eigenvalue weighted by molar-refractivity contribution is -0.0187. The maximum Gasteiger partial charge on any atom is 0.276 e. The molecule has 0 aliphatic carbocycles. The topological polar surface area (TPSA) is 64.5 Å². The summed E-state index contributed by atoms with van der Waals surface area (Å²) in [6.45, 7) is 5.15. The summed E-state index contributed by atoms with van der Waals surface area (Å²) in [7, 11) is 0. The second-order valence-electron chi connectivity index (χ2n) is 6.39. The molecule has 8 heteroatoms. The van der Waals surface area contributed by atoms with Crippen LogP contribution >= 0.6 is 23.4 Å². The average molecular weight is 406 g/mol. The van der Waals surface area contributed by atoms with Crippen LogP contribution in [0.3, 0.4) is 0 Å². The molecule has 2 aromatic heterocycles. The second-order valence-corrected chi connectivity index (χ2v) is 7.77. The van der Waals surface area contributed by atoms with E-state index in [0.29, 0.717) is 17.7 Å². The van der Waals surface area contributed by atoms with Crippen molar-refractivity contribution in [1.29, 1.82) is 0 Å². The van der Waals surface area contributed by atoms with E-state index in [4.69, 9.17) is 25.2 Å². The Labute approximate surface area is 166 Å². The molecule has 0 N–H and O–H groups in total. The molecule has 0 spiro atoms. The highest BCUT2D eigenvalue weighted by Crippen LogP contribution is 2.27. The largest absolute Gasteiger partial charge is 0.469 e. The van der Waals surface area contributed by atoms with Crippen LogP contribution in [-0.2, 0) is 11.3 Å². The average Bonchev–Trinajstić information content (AvgIpc) is 3.31. The second kappa shape index (κ2) is 8.48. The van der Waals surface area contributed by atoms with Crippen LogP contribution < -0.4 is 0 Å². The minimum Gasteiger partial charge on any atom is -0.469 e. The van der Waals surface area contributed by atoms with Gasteiger partial charge in [0.1, 0.15) is 5.76 Å². The van der Waals surface area contributed by atoms with Gasteiger partial charge in [-0.25, -0.2) is 0 Å². The minimum absolute atomic E-state index is 0.109. The van der Waals surface area contributed by atoms with Crippen LogP contribution in [0, 0.1) is 6.92 Å². The van der Waals surface area contributed by atoms with E-state index in [1.54, 1.807) is 6.26 Å². The number of nitrogens with zero attached hydrogens (tertiary/aromatic N) is 3. The number of hydrogen-bond donors (Lipinski definition) is 0. The molecular weight excluding hydrogens is 386 g/mol. The lowest BCUT2D eigenvalue weighted by atomic mass is 10.2. The van der Waals surface area contributed by atoms with Crippen LogP contribution in [0.2, 0.25) is 5.02 Å². The van der Waals surface area contributed by atoms with Gasteiger partial charge < -0.3 is 13.6 Å². The highest BCUT2D eigenvalue weighted by atomic mass is 35.5. The number of morpholine rings is 1. The minimum atomic E-state index is 0.109. The van der Waals surface area contributed by atoms with E-state index in [1.807, 2.05) is 31.2 Å². The van der Waals surface area contributed by atoms with Crippen LogP contribution in [0.1, 0.15) is 11.3 Å². The van der Waals surface area contributed by atoms with Crippen molar-refractivity contribution in [3.8, 4) is 11.5 Å². The first-order valence-corrected chi connectivity index (χ1v) is 10.1. The first-order valence-electron chi connectivity index (χ1n) is 8.77. The third kappa shape index (κ3) is 4.55. The summed E-state index contributed by atoms with van der Waals surface area (Å²) in [5, 5.41) is 9.56. The van der Waals surface area contributed by atoms with Crippen molar-refractivity contribution in [3.05, 3.63) is 52.9 Å². The van der Waals surface area contributed by atoms with Crippen molar-refractivity contribution in [2.24, 2.45) is 0 Å². The van der Waals surface area contributed by atoms with Gasteiger partial charge >= 0.3 is 0 Å². The van der Waals surface area contributed by atoms with Crippen LogP contribution in [0.25, 0.3) is 11.5 Å². The van der Waals surface area contributed by atoms with Crippen molar-refractivity contribution in [3.63, 3.8) is 0 Å². The molecule has 0 radical (unpaired) electrons. The summed E-state index contributed by atoms with van der Waals surface area (Å²) >= 11 is 7.79. The van der Waals surface area contributed by atoms with Gasteiger partial charge in [0, 0.05) is 30.4 Å². The van der Waals surface area contributed by atoms with Crippen molar-refractivity contribution in [2.45, 2.75) is 24.8 Å². The molecule has 0 bridgehead atoms. The predicted octanol–water partition coefficient (Wildman–Crippen LogP) is 4.28. The van der Waals surface area contributed by atoms with E-state index < -0.39 is 0 Å². The molecule has 1 fully saturated rings. The van der Waals surface area contributed by atoms with E-state index in [9.17, 15) is 0 Å². The molecule has 0 saturated carbocycles. The molecule has 6 nitrogen and oxygen atoms in total. The number of furan rings is 1. The van der Waals surface area contributed by atoms with E-state index in [2.05, 4.69) is 21.2 Å². The van der Waals surface area contributed by atoms with Gasteiger partial charge in [-0.1, -0.05) is 41.6 Å². The highest BCUT2D eigenvalue weighted by molar-refractivity contribution is 7.99. The van der Waals surface area contributed by atoms with Gasteiger partial charge in [-0.2, -0.15) is 0 Å². The van der Waals surface area contributed by atoms with Gasteiger partial charge in [0.15, 0.2) is 0 Å². The molecule has 4 rings (SSSR count). The normalized spacial score (nSPS) is 18.1. The van der Waals surface area contributed by atoms with Crippen LogP contribution in [0.15, 0.2) is 50.7 Å². The SMILES string of the molecule is Cc1occc1-c1nnc(SC[C@H]2CN(Cc3ccccc3Cl)CCO2)o1. The fourth-order valence-corrected chi connectivity index (χ4v) is 4.00. The molecular formula is C19H20ClN3O3S. The van der Waals surface area contributed by atoms with E-state index in [0.717, 1.165) is 47.3 Å². The molecule has 0 amide bonds. The third-order valence-electron chi connectivity index (χ3n) is 4.46. The predicted molar refractivity (Wildman–Crippen MR) is 104 cm³/mol. The zero-order chi connectivity index (χ0) is 18.6. The summed E-state index contributed by atoms with van der Waals surface area (Å²) in [5.74, 6) is 2.00. The fraction of sp³-hybridized carbons (Fsp3) is 0.368. The van der Waals surface area contributed by atoms with Gasteiger partial charge in [-0.15, -0.1) is 10.2 Å². The molecule has 1 atom stereocenters. The Morgan fingerprint density at radius 3 is 2.96 bits per heavy atom. The number of aromatic nitrogens is 2. The lowest BCUT2D eigenvalue weighted by Crippen LogP contribution is -2.43. The Balaban J connectivity index is 1.32. The molecule has 1 saturated heterocycles. The first-order chi connectivity index (χ1) is 13.2. The molecule has 0 unspecified atom stereocenters. The molecule has 3 aromatic rings. The van der Waals surface area contributed by atoms with Gasteiger partial charge in [-0.3, -0.25) is 4.90 Å². The zero-order valence-electron chi connectivity index (χ0n) is 14.9. The van der Waals surface area contributed by atoms with Crippen molar-refractivity contribution in [1.82, 2.24) is 15.1 Å². The number of halogens is 1. The number of thioether (sulfide) groups is 1. The van der Waals surface area contributed by atoms with Gasteiger partial charge in [-0.05, 0) is 24.6 Å². The monoisotopic (exact) mass is 405 g/mol. The van der Waals surface area contributed by atoms with Gasteiger partial charge in [0.05, 0.1) is 24.5 Å². The Morgan fingerprint density at radius 2 is 2.15 bits per heavy atom. The Hall–Kier alpha value is -1.80. The summed E-state index contributed by atoms with van der Waals surface area (Å²) in [5.41, 5.74) is 1.97. The van der Waals surface area contributed by atoms with Crippen molar-refractivity contribution >= 4 is 23.4 Å². The summed E-state index contributed by atoms with van der Waals surface area (Å²) in [6.07, 6.45) is 1.72. The zero-order valence-corrected chi connectivity index (χ0v) is 16.5. The van der Waals surface area contributed by atoms with Crippen molar-refractivity contribution < 1.29 is 13.6 Å². The number of ether oxygens (including phenoxy) is 1. The molecule has 1 aliphatic rings. The Kier molecular flexibility index (Phi) is 5.83. The standard InChI is InChI=1S/C19H20ClN3O3S/c1-13-16(6-8-24-13)18-21-22-19(26-18)27-12-15-11-23(7-9-25-15)10-14-4-2-3-5-17(14)20/h2-6,8,15H,7,9-12H2,1H3/t15-/m1/s1. The van der Waals surface area contributed by atoms with Gasteiger partial charge in [0.25, 0.3) is 11.1 Å². The van der Waals surface area contributed by atoms with Crippen molar-refractivity contribution in [2.75, 3.05) is 25.4 Å². The summed E-state index contributed by atoms with van der Waals surface area (Å²) in [6, 6.07) is 9.80. The Bertz CT molecular complexity index is 898. The summed E-state index contributed by atoms with van der Waals surface area (Å²) < 4.78 is 16.9. The van der Waals surface area contributed by atoms with E-state index in [-0.39, 0.29) is 6.10 Å². The smallest absolute Gasteiger partial charge is 0.276 e. The molecule has 142 valence electrons. The molecule has 3 heterocycles. The van der Waals surface area contributed by atoms with Crippen LogP contribution in [-0.4, -0.2) is 46.7 Å². The van der Waals surface area contributed by atoms with E-state index >= 15 is 0 Å². The highest BCUT2D eigenvalue weighted by Gasteiger charge is 2.22. The first kappa shape index (κ1) is 18.6. The van der Waals surface area contributed by atoms with E-state index in [1.165, 1.54) is 11.8 Å². The molecule has 1 aliphatic heterocycles. The van der Waals surface area contributed by atoms with Gasteiger partial charge in [0.2, 0.25) is 0 Å². The number of benzene rings is 1. The maximum absolute atomic E-state index is 6.28. The summed E-state index contributed by atoms with van der Waals surface area (Å²) in [4.78, 5) is 2.37. The van der Waals surface area contributed by atoms with Crippen LogP contribution in [0.4, 0.5) is 0 Å². The molecule has 27 heavy (non-hydrogen) atoms. The Morgan fingerprint density at radius 1 is 1.26 bits per heavy atom. The number of aryl methyl sites for hydroxylation is 1.